The molecule has 0 bridgehead atoms. The van der Waals surface area contributed by atoms with E-state index in [1.54, 1.807) is 16.2 Å². The molecule has 2 rings (SSSR count). The third-order valence-corrected chi connectivity index (χ3v) is 4.18. The maximum Gasteiger partial charge on any atom is 0.325 e. The molecule has 0 aliphatic carbocycles. The second-order valence-electron chi connectivity index (χ2n) is 4.42. The molecule has 3 amide bonds. The highest BCUT2D eigenvalue weighted by molar-refractivity contribution is 7.07. The highest BCUT2D eigenvalue weighted by Gasteiger charge is 2.47. The van der Waals surface area contributed by atoms with Crippen LogP contribution in [0.15, 0.2) is 16.8 Å². The van der Waals surface area contributed by atoms with Crippen molar-refractivity contribution >= 4 is 23.3 Å². The summed E-state index contributed by atoms with van der Waals surface area (Å²) in [6.45, 7) is 4.33. The second-order valence-corrected chi connectivity index (χ2v) is 5.20. The molecule has 1 fully saturated rings. The number of carbonyl (C=O) groups is 2. The van der Waals surface area contributed by atoms with Crippen molar-refractivity contribution in [1.82, 2.24) is 10.2 Å². The van der Waals surface area contributed by atoms with E-state index >= 15 is 0 Å². The number of amides is 3. The van der Waals surface area contributed by atoms with Gasteiger partial charge in [0.2, 0.25) is 0 Å². The second kappa shape index (κ2) is 4.49. The minimum atomic E-state index is -0.687. The maximum absolute atomic E-state index is 11.7. The molecule has 5 heteroatoms. The molecule has 2 heterocycles. The standard InChI is InChI=1S/C12H16N2O2S/c1-3-12(2)10(15)13-11(16)14(12)6-4-9-5-7-17-8-9/h5,7-8H,3-4,6H2,1-2H3,(H,13,15,16). The highest BCUT2D eigenvalue weighted by atomic mass is 32.1. The SMILES string of the molecule is CCC1(C)C(=O)NC(=O)N1CCc1ccsc1. The van der Waals surface area contributed by atoms with E-state index in [0.717, 1.165) is 6.42 Å². The molecule has 1 aromatic heterocycles. The average molecular weight is 252 g/mol. The molecule has 1 saturated heterocycles. The Kier molecular flexibility index (Phi) is 3.19. The van der Waals surface area contributed by atoms with Crippen LogP contribution >= 0.6 is 11.3 Å². The Bertz CT molecular complexity index is 430. The van der Waals surface area contributed by atoms with Gasteiger partial charge in [0.05, 0.1) is 0 Å². The molecule has 0 spiro atoms. The first kappa shape index (κ1) is 12.1. The van der Waals surface area contributed by atoms with E-state index in [1.165, 1.54) is 5.56 Å². The quantitative estimate of drug-likeness (QED) is 0.833. The topological polar surface area (TPSA) is 49.4 Å². The molecule has 1 aliphatic rings. The Hall–Kier alpha value is -1.36. The Labute approximate surface area is 105 Å². The predicted octanol–water partition coefficient (Wildman–Crippen LogP) is 2.01. The number of nitrogens with zero attached hydrogens (tertiary/aromatic N) is 1. The minimum absolute atomic E-state index is 0.185. The van der Waals surface area contributed by atoms with Gasteiger partial charge in [-0.3, -0.25) is 10.1 Å². The smallest absolute Gasteiger partial charge is 0.310 e. The zero-order chi connectivity index (χ0) is 12.5. The summed E-state index contributed by atoms with van der Waals surface area (Å²) in [6, 6.07) is 1.78. The van der Waals surface area contributed by atoms with Gasteiger partial charge in [-0.25, -0.2) is 4.79 Å². The number of hydrogen-bond acceptors (Lipinski definition) is 3. The summed E-state index contributed by atoms with van der Waals surface area (Å²) in [5.41, 5.74) is 0.521. The van der Waals surface area contributed by atoms with E-state index in [-0.39, 0.29) is 11.9 Å². The van der Waals surface area contributed by atoms with Crippen molar-refractivity contribution in [2.75, 3.05) is 6.54 Å². The van der Waals surface area contributed by atoms with Crippen molar-refractivity contribution < 1.29 is 9.59 Å². The van der Waals surface area contributed by atoms with E-state index < -0.39 is 5.54 Å². The Morgan fingerprint density at radius 2 is 2.24 bits per heavy atom. The van der Waals surface area contributed by atoms with Crippen molar-refractivity contribution in [2.24, 2.45) is 0 Å². The van der Waals surface area contributed by atoms with Crippen molar-refractivity contribution in [2.45, 2.75) is 32.2 Å². The largest absolute Gasteiger partial charge is 0.325 e. The number of nitrogens with one attached hydrogen (secondary N) is 1. The van der Waals surface area contributed by atoms with E-state index in [0.29, 0.717) is 13.0 Å². The van der Waals surface area contributed by atoms with Crippen LogP contribution in [0.5, 0.6) is 0 Å². The van der Waals surface area contributed by atoms with Gasteiger partial charge in [0.1, 0.15) is 5.54 Å². The van der Waals surface area contributed by atoms with Gasteiger partial charge in [0.15, 0.2) is 0 Å². The van der Waals surface area contributed by atoms with E-state index in [4.69, 9.17) is 0 Å². The summed E-state index contributed by atoms with van der Waals surface area (Å²) < 4.78 is 0. The summed E-state index contributed by atoms with van der Waals surface area (Å²) >= 11 is 1.64. The first-order valence-corrected chi connectivity index (χ1v) is 6.66. The lowest BCUT2D eigenvalue weighted by atomic mass is 9.97. The van der Waals surface area contributed by atoms with Crippen LogP contribution in [-0.2, 0) is 11.2 Å². The number of urea groups is 1. The Balaban J connectivity index is 2.08. The van der Waals surface area contributed by atoms with Crippen molar-refractivity contribution in [1.29, 1.82) is 0 Å². The first-order valence-electron chi connectivity index (χ1n) is 5.72. The van der Waals surface area contributed by atoms with Gasteiger partial charge in [-0.15, -0.1) is 0 Å². The number of imide groups is 1. The average Bonchev–Trinajstić information content (AvgIpc) is 2.87. The minimum Gasteiger partial charge on any atom is -0.310 e. The number of hydrogen-bond donors (Lipinski definition) is 1. The Morgan fingerprint density at radius 3 is 2.82 bits per heavy atom. The number of carbonyl (C=O) groups excluding carboxylic acids is 2. The predicted molar refractivity (Wildman–Crippen MR) is 67.0 cm³/mol. The summed E-state index contributed by atoms with van der Waals surface area (Å²) in [5.74, 6) is -0.185. The molecule has 4 nitrogen and oxygen atoms in total. The molecule has 1 aliphatic heterocycles. The van der Waals surface area contributed by atoms with Crippen molar-refractivity contribution in [3.63, 3.8) is 0 Å². The van der Waals surface area contributed by atoms with Crippen LogP contribution in [0.3, 0.4) is 0 Å². The van der Waals surface area contributed by atoms with Crippen molar-refractivity contribution in [3.05, 3.63) is 22.4 Å². The lowest BCUT2D eigenvalue weighted by Crippen LogP contribution is -2.47. The van der Waals surface area contributed by atoms with Crippen LogP contribution in [0, 0.1) is 0 Å². The van der Waals surface area contributed by atoms with Crippen LogP contribution in [0.25, 0.3) is 0 Å². The first-order chi connectivity index (χ1) is 8.08. The molecule has 0 radical (unpaired) electrons. The molecule has 1 aromatic rings. The summed E-state index contributed by atoms with van der Waals surface area (Å²) in [5, 5.41) is 6.48. The van der Waals surface area contributed by atoms with Crippen LogP contribution in [0.2, 0.25) is 0 Å². The fraction of sp³-hybridized carbons (Fsp3) is 0.500. The molecule has 0 aromatic carbocycles. The lowest BCUT2D eigenvalue weighted by molar-refractivity contribution is -0.126. The molecular formula is C12H16N2O2S. The summed E-state index contributed by atoms with van der Waals surface area (Å²) in [7, 11) is 0. The summed E-state index contributed by atoms with van der Waals surface area (Å²) in [4.78, 5) is 25.1. The fourth-order valence-electron chi connectivity index (χ4n) is 2.02. The summed E-state index contributed by atoms with van der Waals surface area (Å²) in [6.07, 6.45) is 1.42. The van der Waals surface area contributed by atoms with E-state index in [2.05, 4.69) is 10.7 Å². The zero-order valence-corrected chi connectivity index (χ0v) is 10.8. The third-order valence-electron chi connectivity index (χ3n) is 3.44. The van der Waals surface area contributed by atoms with Crippen LogP contribution < -0.4 is 5.32 Å². The Morgan fingerprint density at radius 1 is 1.47 bits per heavy atom. The lowest BCUT2D eigenvalue weighted by Gasteiger charge is -2.30. The molecule has 0 saturated carbocycles. The van der Waals surface area contributed by atoms with Gasteiger partial charge in [0.25, 0.3) is 5.91 Å². The third kappa shape index (κ3) is 2.07. The number of thiophene rings is 1. The molecule has 17 heavy (non-hydrogen) atoms. The molecule has 92 valence electrons. The monoisotopic (exact) mass is 252 g/mol. The van der Waals surface area contributed by atoms with Crippen molar-refractivity contribution in [3.8, 4) is 0 Å². The van der Waals surface area contributed by atoms with Crippen LogP contribution in [-0.4, -0.2) is 28.9 Å². The normalized spacial score (nSPS) is 24.2. The molecule has 1 unspecified atom stereocenters. The van der Waals surface area contributed by atoms with Gasteiger partial charge >= 0.3 is 6.03 Å². The van der Waals surface area contributed by atoms with Gasteiger partial charge in [-0.1, -0.05) is 6.92 Å². The molecular weight excluding hydrogens is 236 g/mol. The van der Waals surface area contributed by atoms with E-state index in [9.17, 15) is 9.59 Å². The molecule has 1 atom stereocenters. The van der Waals surface area contributed by atoms with Gasteiger partial charge in [0, 0.05) is 6.54 Å². The zero-order valence-electron chi connectivity index (χ0n) is 10.0. The van der Waals surface area contributed by atoms with Gasteiger partial charge < -0.3 is 4.90 Å². The van der Waals surface area contributed by atoms with Crippen LogP contribution in [0.4, 0.5) is 4.79 Å². The number of rotatable bonds is 4. The maximum atomic E-state index is 11.7. The van der Waals surface area contributed by atoms with Crippen LogP contribution in [0.1, 0.15) is 25.8 Å². The molecule has 1 N–H and O–H groups in total. The van der Waals surface area contributed by atoms with Gasteiger partial charge in [-0.05, 0) is 42.2 Å². The fourth-order valence-corrected chi connectivity index (χ4v) is 2.72. The van der Waals surface area contributed by atoms with Gasteiger partial charge in [-0.2, -0.15) is 11.3 Å². The highest BCUT2D eigenvalue weighted by Crippen LogP contribution is 2.25. The van der Waals surface area contributed by atoms with E-state index in [1.807, 2.05) is 25.3 Å².